The minimum absolute atomic E-state index is 0.0883. The van der Waals surface area contributed by atoms with Crippen molar-refractivity contribution in [1.82, 2.24) is 0 Å². The molecule has 0 spiro atoms. The molecule has 1 unspecified atom stereocenters. The normalized spacial score (nSPS) is 13.6. The smallest absolute Gasteiger partial charge is 0.200 e. The van der Waals surface area contributed by atoms with Crippen LogP contribution in [0, 0.1) is 0 Å². The lowest BCUT2D eigenvalue weighted by Gasteiger charge is -2.16. The number of halogens is 2. The molecule has 0 aromatic rings. The Bertz CT molecular complexity index is 370. The van der Waals surface area contributed by atoms with E-state index in [0.29, 0.717) is 0 Å². The van der Waals surface area contributed by atoms with Crippen LogP contribution in [0.5, 0.6) is 0 Å². The van der Waals surface area contributed by atoms with E-state index in [-0.39, 0.29) is 17.9 Å². The first-order valence-electron chi connectivity index (χ1n) is 5.61. The Hall–Kier alpha value is -1.42. The molecule has 4 heteroatoms. The molecule has 0 saturated heterocycles. The van der Waals surface area contributed by atoms with Gasteiger partial charge >= 0.3 is 0 Å². The zero-order valence-corrected chi connectivity index (χ0v) is 11.2. The summed E-state index contributed by atoms with van der Waals surface area (Å²) < 4.78 is 36.9. The van der Waals surface area contributed by atoms with Crippen LogP contribution in [0.25, 0.3) is 0 Å². The van der Waals surface area contributed by atoms with Crippen molar-refractivity contribution in [2.45, 2.75) is 26.4 Å². The molecular formula is C14H20F2O2. The second kappa shape index (κ2) is 7.82. The van der Waals surface area contributed by atoms with Crippen LogP contribution in [-0.2, 0) is 9.47 Å². The SMILES string of the molecule is C=C(CC)COC(C)C(=C)/C(F)=C(/F)C(=C)OC. The molecule has 2 nitrogen and oxygen atoms in total. The third kappa shape index (κ3) is 4.84. The minimum Gasteiger partial charge on any atom is -0.494 e. The van der Waals surface area contributed by atoms with Gasteiger partial charge in [0.15, 0.2) is 11.7 Å². The second-order valence-electron chi connectivity index (χ2n) is 3.84. The zero-order chi connectivity index (χ0) is 14.3. The van der Waals surface area contributed by atoms with Gasteiger partial charge in [-0.1, -0.05) is 32.2 Å². The van der Waals surface area contributed by atoms with Crippen LogP contribution >= 0.6 is 0 Å². The van der Waals surface area contributed by atoms with Gasteiger partial charge in [0.05, 0.1) is 19.8 Å². The first-order chi connectivity index (χ1) is 8.34. The lowest BCUT2D eigenvalue weighted by atomic mass is 10.1. The maximum atomic E-state index is 13.6. The van der Waals surface area contributed by atoms with Crippen molar-refractivity contribution in [3.05, 3.63) is 48.3 Å². The predicted octanol–water partition coefficient (Wildman–Crippen LogP) is 4.22. The first-order valence-corrected chi connectivity index (χ1v) is 5.61. The highest BCUT2D eigenvalue weighted by atomic mass is 19.2. The Kier molecular flexibility index (Phi) is 7.20. The van der Waals surface area contributed by atoms with Crippen LogP contribution < -0.4 is 0 Å². The van der Waals surface area contributed by atoms with Crippen LogP contribution in [0.4, 0.5) is 8.78 Å². The van der Waals surface area contributed by atoms with E-state index >= 15 is 0 Å². The zero-order valence-electron chi connectivity index (χ0n) is 11.2. The van der Waals surface area contributed by atoms with E-state index in [9.17, 15) is 8.78 Å². The van der Waals surface area contributed by atoms with Gasteiger partial charge in [-0.15, -0.1) is 0 Å². The van der Waals surface area contributed by atoms with Crippen LogP contribution in [0.2, 0.25) is 0 Å². The third-order valence-corrected chi connectivity index (χ3v) is 2.49. The highest BCUT2D eigenvalue weighted by molar-refractivity contribution is 5.34. The quantitative estimate of drug-likeness (QED) is 0.368. The average molecular weight is 258 g/mol. The van der Waals surface area contributed by atoms with Crippen LogP contribution in [0.3, 0.4) is 0 Å². The summed E-state index contributed by atoms with van der Waals surface area (Å²) in [7, 11) is 1.21. The fourth-order valence-electron chi connectivity index (χ4n) is 0.977. The number of hydrogen-bond acceptors (Lipinski definition) is 2. The van der Waals surface area contributed by atoms with E-state index in [1.165, 1.54) is 7.11 Å². The average Bonchev–Trinajstić information content (AvgIpc) is 2.40. The lowest BCUT2D eigenvalue weighted by molar-refractivity contribution is 0.107. The Morgan fingerprint density at radius 2 is 1.72 bits per heavy atom. The molecule has 0 bridgehead atoms. The van der Waals surface area contributed by atoms with Crippen molar-refractivity contribution in [2.24, 2.45) is 0 Å². The largest absolute Gasteiger partial charge is 0.494 e. The fraction of sp³-hybridized carbons (Fsp3) is 0.429. The van der Waals surface area contributed by atoms with Gasteiger partial charge in [-0.05, 0) is 13.3 Å². The Labute approximate surface area is 107 Å². The molecule has 0 radical (unpaired) electrons. The molecule has 102 valence electrons. The fourth-order valence-corrected chi connectivity index (χ4v) is 0.977. The summed E-state index contributed by atoms with van der Waals surface area (Å²) in [5.74, 6) is -2.64. The van der Waals surface area contributed by atoms with Crippen LogP contribution in [0.15, 0.2) is 48.3 Å². The lowest BCUT2D eigenvalue weighted by Crippen LogP contribution is -2.13. The van der Waals surface area contributed by atoms with E-state index in [0.717, 1.165) is 12.0 Å². The number of hydrogen-bond donors (Lipinski definition) is 0. The van der Waals surface area contributed by atoms with Gasteiger partial charge in [0.25, 0.3) is 0 Å². The number of ether oxygens (including phenoxy) is 2. The predicted molar refractivity (Wildman–Crippen MR) is 69.4 cm³/mol. The van der Waals surface area contributed by atoms with Gasteiger partial charge in [-0.25, -0.2) is 4.39 Å². The van der Waals surface area contributed by atoms with Crippen molar-refractivity contribution in [1.29, 1.82) is 0 Å². The van der Waals surface area contributed by atoms with Crippen molar-refractivity contribution < 1.29 is 18.3 Å². The monoisotopic (exact) mass is 258 g/mol. The standard InChI is InChI=1S/C14H20F2O2/c1-7-9(2)8-18-11(4)10(3)13(15)14(16)12(5)17-6/h11H,2-3,5,7-8H2,1,4,6H3/b14-13-. The van der Waals surface area contributed by atoms with Gasteiger partial charge in [0.1, 0.15) is 5.76 Å². The first kappa shape index (κ1) is 16.6. The molecule has 0 saturated carbocycles. The van der Waals surface area contributed by atoms with Gasteiger partial charge in [0.2, 0.25) is 0 Å². The molecule has 0 fully saturated rings. The number of rotatable bonds is 8. The number of methoxy groups -OCH3 is 1. The Morgan fingerprint density at radius 3 is 2.17 bits per heavy atom. The van der Waals surface area contributed by atoms with E-state index in [1.54, 1.807) is 6.92 Å². The van der Waals surface area contributed by atoms with Crippen molar-refractivity contribution >= 4 is 0 Å². The Balaban J connectivity index is 4.64. The van der Waals surface area contributed by atoms with Crippen LogP contribution in [-0.4, -0.2) is 19.8 Å². The molecule has 0 amide bonds. The van der Waals surface area contributed by atoms with E-state index in [2.05, 4.69) is 24.5 Å². The van der Waals surface area contributed by atoms with Crippen molar-refractivity contribution in [3.63, 3.8) is 0 Å². The highest BCUT2D eigenvalue weighted by Gasteiger charge is 2.18. The van der Waals surface area contributed by atoms with Crippen LogP contribution in [0.1, 0.15) is 20.3 Å². The summed E-state index contributed by atoms with van der Waals surface area (Å²) >= 11 is 0. The van der Waals surface area contributed by atoms with Gasteiger partial charge in [-0.2, -0.15) is 4.39 Å². The summed E-state index contributed by atoms with van der Waals surface area (Å²) in [5.41, 5.74) is 0.787. The maximum Gasteiger partial charge on any atom is 0.200 e. The summed E-state index contributed by atoms with van der Waals surface area (Å²) in [4.78, 5) is 0. The molecule has 0 N–H and O–H groups in total. The Morgan fingerprint density at radius 1 is 1.17 bits per heavy atom. The van der Waals surface area contributed by atoms with Gasteiger partial charge in [0, 0.05) is 5.57 Å². The number of allylic oxidation sites excluding steroid dienone is 1. The molecule has 0 aliphatic heterocycles. The van der Waals surface area contributed by atoms with Crippen molar-refractivity contribution in [3.8, 4) is 0 Å². The molecule has 1 atom stereocenters. The molecule has 0 heterocycles. The summed E-state index contributed by atoms with van der Waals surface area (Å²) in [6, 6.07) is 0. The van der Waals surface area contributed by atoms with Gasteiger partial charge in [-0.3, -0.25) is 0 Å². The minimum atomic E-state index is -1.16. The summed E-state index contributed by atoms with van der Waals surface area (Å²) in [6.45, 7) is 14.3. The summed E-state index contributed by atoms with van der Waals surface area (Å²) in [6.07, 6.45) is 0.121. The van der Waals surface area contributed by atoms with E-state index < -0.39 is 17.8 Å². The highest BCUT2D eigenvalue weighted by Crippen LogP contribution is 2.25. The topological polar surface area (TPSA) is 18.5 Å². The molecule has 0 rings (SSSR count). The molecule has 0 aliphatic carbocycles. The second-order valence-corrected chi connectivity index (χ2v) is 3.84. The molecule has 0 aromatic carbocycles. The third-order valence-electron chi connectivity index (χ3n) is 2.49. The molecular weight excluding hydrogens is 238 g/mol. The molecule has 0 aliphatic rings. The van der Waals surface area contributed by atoms with Gasteiger partial charge < -0.3 is 9.47 Å². The van der Waals surface area contributed by atoms with Crippen molar-refractivity contribution in [2.75, 3.05) is 13.7 Å². The molecule has 18 heavy (non-hydrogen) atoms. The summed E-state index contributed by atoms with van der Waals surface area (Å²) in [5, 5.41) is 0. The maximum absolute atomic E-state index is 13.6. The van der Waals surface area contributed by atoms with E-state index in [1.807, 2.05) is 6.92 Å². The molecule has 0 aromatic heterocycles. The van der Waals surface area contributed by atoms with E-state index in [4.69, 9.17) is 4.74 Å².